The summed E-state index contributed by atoms with van der Waals surface area (Å²) < 4.78 is 13.4. The first-order valence-electron chi connectivity index (χ1n) is 9.36. The molecule has 0 aliphatic carbocycles. The van der Waals surface area contributed by atoms with Crippen LogP contribution in [0.1, 0.15) is 6.42 Å². The molecule has 7 heteroatoms. The van der Waals surface area contributed by atoms with E-state index < -0.39 is 0 Å². The molecule has 0 atom stereocenters. The largest absolute Gasteiger partial charge is 0.370 e. The molecule has 0 aliphatic heterocycles. The highest BCUT2D eigenvalue weighted by atomic mass is 19.1. The molecule has 0 saturated carbocycles. The van der Waals surface area contributed by atoms with Crippen molar-refractivity contribution in [2.75, 3.05) is 18.4 Å². The number of rotatable bonds is 8. The minimum Gasteiger partial charge on any atom is -0.370 e. The van der Waals surface area contributed by atoms with Crippen molar-refractivity contribution in [3.63, 3.8) is 0 Å². The quantitative estimate of drug-likeness (QED) is 0.314. The molecule has 1 aromatic carbocycles. The predicted molar refractivity (Wildman–Crippen MR) is 112 cm³/mol. The van der Waals surface area contributed by atoms with Crippen LogP contribution in [0.2, 0.25) is 0 Å². The summed E-state index contributed by atoms with van der Waals surface area (Å²) in [5.74, 6) is 0.473. The molecule has 3 heterocycles. The summed E-state index contributed by atoms with van der Waals surface area (Å²) in [4.78, 5) is 22.5. The van der Waals surface area contributed by atoms with E-state index in [9.17, 15) is 9.18 Å². The maximum Gasteiger partial charge on any atom is 0.207 e. The van der Waals surface area contributed by atoms with Crippen molar-refractivity contribution >= 4 is 23.3 Å². The topological polar surface area (TPSA) is 82.7 Å². The van der Waals surface area contributed by atoms with E-state index in [1.165, 1.54) is 12.1 Å². The standard InChI is InChI=1S/C22H20FN5O/c23-17-4-2-16(3-5-17)21-20(15-8-12-24-13-9-15)18-6-7-19(27-22(18)28-21)26-11-1-10-25-14-29/h2-9,12-14H,1,10-11H2,(H,25,29)(H2,26,27,28). The molecule has 0 saturated heterocycles. The van der Waals surface area contributed by atoms with Gasteiger partial charge in [0.25, 0.3) is 0 Å². The van der Waals surface area contributed by atoms with Crippen LogP contribution in [0, 0.1) is 5.82 Å². The number of pyridine rings is 2. The molecule has 3 aromatic heterocycles. The van der Waals surface area contributed by atoms with Crippen molar-refractivity contribution in [1.82, 2.24) is 20.3 Å². The van der Waals surface area contributed by atoms with Crippen molar-refractivity contribution in [2.45, 2.75) is 6.42 Å². The highest BCUT2D eigenvalue weighted by Crippen LogP contribution is 2.37. The number of aromatic nitrogens is 3. The van der Waals surface area contributed by atoms with Crippen LogP contribution in [0.3, 0.4) is 0 Å². The first kappa shape index (κ1) is 18.6. The summed E-state index contributed by atoms with van der Waals surface area (Å²) in [6.07, 6.45) is 4.99. The van der Waals surface area contributed by atoms with E-state index >= 15 is 0 Å². The summed E-state index contributed by atoms with van der Waals surface area (Å²) >= 11 is 0. The lowest BCUT2D eigenvalue weighted by Gasteiger charge is -2.06. The number of hydrogen-bond donors (Lipinski definition) is 3. The lowest BCUT2D eigenvalue weighted by atomic mass is 10.00. The van der Waals surface area contributed by atoms with Gasteiger partial charge in [-0.25, -0.2) is 9.37 Å². The third-order valence-corrected chi connectivity index (χ3v) is 4.65. The van der Waals surface area contributed by atoms with Gasteiger partial charge in [-0.05, 0) is 66.1 Å². The summed E-state index contributed by atoms with van der Waals surface area (Å²) in [5, 5.41) is 6.88. The molecule has 4 rings (SSSR count). The summed E-state index contributed by atoms with van der Waals surface area (Å²) in [7, 11) is 0. The number of fused-ring (bicyclic) bond motifs is 1. The number of aromatic amines is 1. The van der Waals surface area contributed by atoms with Gasteiger partial charge in [-0.2, -0.15) is 0 Å². The number of anilines is 1. The first-order valence-corrected chi connectivity index (χ1v) is 9.36. The molecule has 0 bridgehead atoms. The second-order valence-corrected chi connectivity index (χ2v) is 6.56. The van der Waals surface area contributed by atoms with E-state index in [0.29, 0.717) is 19.5 Å². The Bertz CT molecular complexity index is 1110. The fourth-order valence-corrected chi connectivity index (χ4v) is 3.29. The van der Waals surface area contributed by atoms with Crippen LogP contribution in [0.15, 0.2) is 60.9 Å². The number of carbonyl (C=O) groups is 1. The Balaban J connectivity index is 1.73. The molecule has 3 N–H and O–H groups in total. The zero-order valence-corrected chi connectivity index (χ0v) is 15.7. The van der Waals surface area contributed by atoms with Crippen LogP contribution in [-0.2, 0) is 4.79 Å². The second-order valence-electron chi connectivity index (χ2n) is 6.56. The molecule has 0 fully saturated rings. The van der Waals surface area contributed by atoms with Gasteiger partial charge < -0.3 is 15.6 Å². The van der Waals surface area contributed by atoms with Gasteiger partial charge in [-0.1, -0.05) is 0 Å². The molecule has 0 spiro atoms. The Hall–Kier alpha value is -3.74. The number of benzene rings is 1. The fourth-order valence-electron chi connectivity index (χ4n) is 3.29. The summed E-state index contributed by atoms with van der Waals surface area (Å²) in [5.41, 5.74) is 4.51. The molecule has 0 radical (unpaired) electrons. The van der Waals surface area contributed by atoms with Crippen molar-refractivity contribution in [3.05, 3.63) is 66.7 Å². The second kappa shape index (κ2) is 8.52. The van der Waals surface area contributed by atoms with Gasteiger partial charge in [-0.3, -0.25) is 9.78 Å². The van der Waals surface area contributed by atoms with Crippen molar-refractivity contribution < 1.29 is 9.18 Å². The minimum atomic E-state index is -0.274. The number of H-pyrrole nitrogens is 1. The zero-order chi connectivity index (χ0) is 20.1. The van der Waals surface area contributed by atoms with E-state index in [1.807, 2.05) is 24.3 Å². The number of halogens is 1. The molecule has 146 valence electrons. The Morgan fingerprint density at radius 3 is 2.52 bits per heavy atom. The smallest absolute Gasteiger partial charge is 0.207 e. The highest BCUT2D eigenvalue weighted by Gasteiger charge is 2.16. The molecule has 4 aromatic rings. The van der Waals surface area contributed by atoms with Gasteiger partial charge in [-0.15, -0.1) is 0 Å². The number of amides is 1. The predicted octanol–water partition coefficient (Wildman–Crippen LogP) is 3.98. The number of nitrogens with zero attached hydrogens (tertiary/aromatic N) is 2. The van der Waals surface area contributed by atoms with Crippen LogP contribution >= 0.6 is 0 Å². The molecule has 1 amide bonds. The summed E-state index contributed by atoms with van der Waals surface area (Å²) in [6.45, 7) is 1.31. The van der Waals surface area contributed by atoms with Gasteiger partial charge in [0.15, 0.2) is 0 Å². The van der Waals surface area contributed by atoms with E-state index in [0.717, 1.165) is 45.7 Å². The van der Waals surface area contributed by atoms with Crippen LogP contribution in [0.25, 0.3) is 33.4 Å². The molecule has 0 aliphatic rings. The molecular formula is C22H20FN5O. The lowest BCUT2D eigenvalue weighted by molar-refractivity contribution is -0.109. The van der Waals surface area contributed by atoms with E-state index in [-0.39, 0.29) is 5.82 Å². The first-order chi connectivity index (χ1) is 14.3. The Kier molecular flexibility index (Phi) is 5.47. The van der Waals surface area contributed by atoms with Gasteiger partial charge >= 0.3 is 0 Å². The van der Waals surface area contributed by atoms with Gasteiger partial charge in [0.2, 0.25) is 6.41 Å². The van der Waals surface area contributed by atoms with Crippen molar-refractivity contribution in [2.24, 2.45) is 0 Å². The maximum absolute atomic E-state index is 13.4. The molecular weight excluding hydrogens is 369 g/mol. The number of carbonyl (C=O) groups excluding carboxylic acids is 1. The molecule has 6 nitrogen and oxygen atoms in total. The average molecular weight is 389 g/mol. The van der Waals surface area contributed by atoms with Crippen molar-refractivity contribution in [1.29, 1.82) is 0 Å². The minimum absolute atomic E-state index is 0.274. The third-order valence-electron chi connectivity index (χ3n) is 4.65. The number of hydrogen-bond acceptors (Lipinski definition) is 4. The molecule has 0 unspecified atom stereocenters. The normalized spacial score (nSPS) is 10.8. The Morgan fingerprint density at radius 2 is 1.76 bits per heavy atom. The van der Waals surface area contributed by atoms with Gasteiger partial charge in [0.1, 0.15) is 17.3 Å². The Labute approximate surface area is 167 Å². The van der Waals surface area contributed by atoms with Crippen molar-refractivity contribution in [3.8, 4) is 22.4 Å². The SMILES string of the molecule is O=CNCCCNc1ccc2c(-c3ccncc3)c(-c3ccc(F)cc3)[nH]c2n1. The molecule has 29 heavy (non-hydrogen) atoms. The van der Waals surface area contributed by atoms with E-state index in [4.69, 9.17) is 4.98 Å². The number of nitrogens with one attached hydrogen (secondary N) is 3. The maximum atomic E-state index is 13.4. The average Bonchev–Trinajstić information content (AvgIpc) is 3.13. The van der Waals surface area contributed by atoms with Gasteiger partial charge in [0, 0.05) is 36.4 Å². The lowest BCUT2D eigenvalue weighted by Crippen LogP contribution is -2.16. The van der Waals surface area contributed by atoms with Gasteiger partial charge in [0.05, 0.1) is 5.69 Å². The van der Waals surface area contributed by atoms with E-state index in [2.05, 4.69) is 20.6 Å². The van der Waals surface area contributed by atoms with Crippen LogP contribution in [0.5, 0.6) is 0 Å². The zero-order valence-electron chi connectivity index (χ0n) is 15.7. The summed E-state index contributed by atoms with van der Waals surface area (Å²) in [6, 6.07) is 14.3. The third kappa shape index (κ3) is 4.08. The Morgan fingerprint density at radius 1 is 0.966 bits per heavy atom. The van der Waals surface area contributed by atoms with Crippen LogP contribution in [-0.4, -0.2) is 34.5 Å². The van der Waals surface area contributed by atoms with Crippen LogP contribution in [0.4, 0.5) is 10.2 Å². The monoisotopic (exact) mass is 389 g/mol. The van der Waals surface area contributed by atoms with E-state index in [1.54, 1.807) is 24.5 Å². The fraction of sp³-hybridized carbons (Fsp3) is 0.136. The van der Waals surface area contributed by atoms with Crippen LogP contribution < -0.4 is 10.6 Å². The highest BCUT2D eigenvalue weighted by molar-refractivity contribution is 6.02.